The molecule has 0 aliphatic carbocycles. The van der Waals surface area contributed by atoms with Gasteiger partial charge in [-0.05, 0) is 48.3 Å². The van der Waals surface area contributed by atoms with Gasteiger partial charge in [-0.3, -0.25) is 4.79 Å². The predicted molar refractivity (Wildman–Crippen MR) is 136 cm³/mol. The van der Waals surface area contributed by atoms with E-state index in [4.69, 9.17) is 21.7 Å². The van der Waals surface area contributed by atoms with Crippen molar-refractivity contribution in [1.82, 2.24) is 10.2 Å². The molecular weight excluding hydrogens is 450 g/mol. The predicted octanol–water partition coefficient (Wildman–Crippen LogP) is 4.18. The second-order valence-corrected chi connectivity index (χ2v) is 8.97. The number of benzene rings is 2. The Balaban J connectivity index is 1.72. The summed E-state index contributed by atoms with van der Waals surface area (Å²) < 4.78 is 11.1. The first-order valence-electron chi connectivity index (χ1n) is 11.2. The van der Waals surface area contributed by atoms with Gasteiger partial charge in [-0.1, -0.05) is 56.3 Å². The monoisotopic (exact) mass is 481 g/mol. The minimum absolute atomic E-state index is 0.0680. The lowest BCUT2D eigenvalue weighted by molar-refractivity contribution is -0.140. The highest BCUT2D eigenvalue weighted by molar-refractivity contribution is 7.80. The van der Waals surface area contributed by atoms with E-state index in [-0.39, 0.29) is 24.4 Å². The van der Waals surface area contributed by atoms with E-state index in [1.54, 1.807) is 11.0 Å². The van der Waals surface area contributed by atoms with Crippen molar-refractivity contribution in [3.63, 3.8) is 0 Å². The minimum Gasteiger partial charge on any atom is -0.462 e. The molecule has 0 aromatic heterocycles. The molecule has 2 N–H and O–H groups in total. The lowest BCUT2D eigenvalue weighted by atomic mass is 9.94. The Labute approximate surface area is 206 Å². The van der Waals surface area contributed by atoms with Gasteiger partial charge in [0.25, 0.3) is 0 Å². The van der Waals surface area contributed by atoms with Gasteiger partial charge in [0.1, 0.15) is 6.61 Å². The maximum atomic E-state index is 13.0. The summed E-state index contributed by atoms with van der Waals surface area (Å²) in [6, 6.07) is 16.5. The Bertz CT molecular complexity index is 1070. The van der Waals surface area contributed by atoms with Crippen LogP contribution in [0.3, 0.4) is 0 Å². The molecule has 0 radical (unpaired) electrons. The van der Waals surface area contributed by atoms with Crippen LogP contribution >= 0.6 is 12.2 Å². The normalized spacial score (nSPS) is 15.9. The van der Waals surface area contributed by atoms with Gasteiger partial charge >= 0.3 is 5.97 Å². The fourth-order valence-corrected chi connectivity index (χ4v) is 3.75. The first-order valence-corrected chi connectivity index (χ1v) is 11.6. The molecular formula is C26H31N3O4S. The summed E-state index contributed by atoms with van der Waals surface area (Å²) in [5.74, 6) is -0.425. The summed E-state index contributed by atoms with van der Waals surface area (Å²) >= 11 is 5.46. The number of nitrogens with zero attached hydrogens (tertiary/aromatic N) is 1. The number of rotatable bonds is 9. The fourth-order valence-electron chi connectivity index (χ4n) is 3.50. The molecule has 34 heavy (non-hydrogen) atoms. The van der Waals surface area contributed by atoms with Crippen molar-refractivity contribution in [2.24, 2.45) is 5.92 Å². The summed E-state index contributed by atoms with van der Waals surface area (Å²) in [6.07, 6.45) is 0. The largest absolute Gasteiger partial charge is 0.462 e. The minimum atomic E-state index is -0.491. The molecule has 0 saturated heterocycles. The molecule has 1 amide bonds. The average Bonchev–Trinajstić information content (AvgIpc) is 2.81. The van der Waals surface area contributed by atoms with Gasteiger partial charge in [-0.2, -0.15) is 0 Å². The molecule has 1 heterocycles. The fraction of sp³-hybridized carbons (Fsp3) is 0.346. The Kier molecular flexibility index (Phi) is 8.79. The van der Waals surface area contributed by atoms with Crippen LogP contribution < -0.4 is 10.6 Å². The average molecular weight is 482 g/mol. The summed E-state index contributed by atoms with van der Waals surface area (Å²) in [5, 5.41) is 6.59. The van der Waals surface area contributed by atoms with Crippen LogP contribution in [-0.2, 0) is 25.7 Å². The topological polar surface area (TPSA) is 79.9 Å². The smallest absolute Gasteiger partial charge is 0.338 e. The summed E-state index contributed by atoms with van der Waals surface area (Å²) in [7, 11) is 1.81. The van der Waals surface area contributed by atoms with Crippen molar-refractivity contribution >= 4 is 34.9 Å². The molecule has 1 aliphatic heterocycles. The molecule has 1 atom stereocenters. The zero-order valence-electron chi connectivity index (χ0n) is 20.0. The third-order valence-corrected chi connectivity index (χ3v) is 5.76. The highest BCUT2D eigenvalue weighted by atomic mass is 32.1. The van der Waals surface area contributed by atoms with E-state index in [2.05, 4.69) is 10.6 Å². The van der Waals surface area contributed by atoms with Crippen molar-refractivity contribution in [2.75, 3.05) is 25.6 Å². The van der Waals surface area contributed by atoms with Gasteiger partial charge in [0.05, 0.1) is 24.8 Å². The number of ether oxygens (including phenoxy) is 2. The highest BCUT2D eigenvalue weighted by Crippen LogP contribution is 2.32. The lowest BCUT2D eigenvalue weighted by Crippen LogP contribution is -2.46. The molecule has 0 fully saturated rings. The number of anilines is 1. The number of hydrogen-bond acceptors (Lipinski definition) is 5. The number of carbonyl (C=O) groups excluding carboxylic acids is 2. The molecule has 2 aromatic carbocycles. The summed E-state index contributed by atoms with van der Waals surface area (Å²) in [5.41, 5.74) is 3.61. The van der Waals surface area contributed by atoms with Gasteiger partial charge in [-0.25, -0.2) is 4.79 Å². The zero-order chi connectivity index (χ0) is 24.7. The maximum absolute atomic E-state index is 13.0. The van der Waals surface area contributed by atoms with Gasteiger partial charge in [0.15, 0.2) is 5.11 Å². The number of esters is 1. The Morgan fingerprint density at radius 2 is 1.88 bits per heavy atom. The Morgan fingerprint density at radius 1 is 1.15 bits per heavy atom. The molecule has 0 bridgehead atoms. The first-order chi connectivity index (χ1) is 16.3. The van der Waals surface area contributed by atoms with Crippen LogP contribution in [0.5, 0.6) is 0 Å². The first kappa shape index (κ1) is 25.4. The van der Waals surface area contributed by atoms with Crippen molar-refractivity contribution in [1.29, 1.82) is 0 Å². The molecule has 180 valence electrons. The maximum Gasteiger partial charge on any atom is 0.338 e. The number of carbonyl (C=O) groups is 2. The molecule has 3 rings (SSSR count). The molecule has 7 nitrogen and oxygen atoms in total. The molecule has 1 aliphatic rings. The summed E-state index contributed by atoms with van der Waals surface area (Å²) in [4.78, 5) is 27.1. The van der Waals surface area contributed by atoms with E-state index in [1.807, 2.05) is 76.3 Å². The van der Waals surface area contributed by atoms with Crippen LogP contribution in [0.15, 0.2) is 65.9 Å². The second kappa shape index (κ2) is 11.8. The molecule has 2 aromatic rings. The number of hydrogen-bond donors (Lipinski definition) is 2. The lowest BCUT2D eigenvalue weighted by Gasteiger charge is -2.35. The Morgan fingerprint density at radius 3 is 2.59 bits per heavy atom. The van der Waals surface area contributed by atoms with E-state index in [1.165, 1.54) is 0 Å². The van der Waals surface area contributed by atoms with Crippen molar-refractivity contribution in [3.8, 4) is 0 Å². The van der Waals surface area contributed by atoms with Crippen LogP contribution in [0.2, 0.25) is 0 Å². The Hall–Kier alpha value is -3.23. The van der Waals surface area contributed by atoms with E-state index < -0.39 is 6.04 Å². The number of amides is 1. The quantitative estimate of drug-likeness (QED) is 0.411. The van der Waals surface area contributed by atoms with E-state index in [0.29, 0.717) is 29.6 Å². The van der Waals surface area contributed by atoms with E-state index >= 15 is 0 Å². The van der Waals surface area contributed by atoms with E-state index in [9.17, 15) is 9.59 Å². The third-order valence-electron chi connectivity index (χ3n) is 5.37. The second-order valence-electron chi connectivity index (χ2n) is 8.58. The number of nitrogens with one attached hydrogen (secondary N) is 2. The molecule has 1 unspecified atom stereocenters. The van der Waals surface area contributed by atoms with Crippen LogP contribution in [0.25, 0.3) is 0 Å². The van der Waals surface area contributed by atoms with Gasteiger partial charge < -0.3 is 25.0 Å². The van der Waals surface area contributed by atoms with Gasteiger partial charge in [0, 0.05) is 18.4 Å². The van der Waals surface area contributed by atoms with Crippen LogP contribution in [0.1, 0.15) is 37.9 Å². The van der Waals surface area contributed by atoms with Gasteiger partial charge in [-0.15, -0.1) is 0 Å². The van der Waals surface area contributed by atoms with Crippen molar-refractivity contribution < 1.29 is 19.1 Å². The van der Waals surface area contributed by atoms with Crippen LogP contribution in [0, 0.1) is 5.92 Å². The molecule has 8 heteroatoms. The number of thiocarbonyl (C=S) groups is 1. The SMILES string of the molecule is CC1=C(C(=O)OCC(C)C)C(c2cccc(NC(=O)COCc3ccccc3)c2)NC(=S)N1C. The van der Waals surface area contributed by atoms with Crippen LogP contribution in [-0.4, -0.2) is 42.2 Å². The number of allylic oxidation sites excluding steroid dienone is 1. The highest BCUT2D eigenvalue weighted by Gasteiger charge is 2.33. The van der Waals surface area contributed by atoms with Gasteiger partial charge in [0.2, 0.25) is 5.91 Å². The zero-order valence-corrected chi connectivity index (χ0v) is 20.8. The standard InChI is InChI=1S/C26H31N3O4S/c1-17(2)14-33-25(31)23-18(3)29(4)26(34)28-24(23)20-11-8-12-21(13-20)27-22(30)16-32-15-19-9-6-5-7-10-19/h5-13,17,24H,14-16H2,1-4H3,(H,27,30)(H,28,34). The van der Waals surface area contributed by atoms with Crippen LogP contribution in [0.4, 0.5) is 5.69 Å². The molecule has 0 saturated carbocycles. The molecule has 0 spiro atoms. The summed E-state index contributed by atoms with van der Waals surface area (Å²) in [6.45, 7) is 6.44. The third kappa shape index (κ3) is 6.65. The van der Waals surface area contributed by atoms with Crippen molar-refractivity contribution in [2.45, 2.75) is 33.4 Å². The van der Waals surface area contributed by atoms with Crippen molar-refractivity contribution in [3.05, 3.63) is 77.0 Å². The van der Waals surface area contributed by atoms with E-state index in [0.717, 1.165) is 16.8 Å².